The van der Waals surface area contributed by atoms with Crippen LogP contribution in [0.3, 0.4) is 0 Å². The Morgan fingerprint density at radius 1 is 1.48 bits per heavy atom. The molecule has 1 heterocycles. The van der Waals surface area contributed by atoms with Gasteiger partial charge in [0.25, 0.3) is 0 Å². The Labute approximate surface area is 123 Å². The van der Waals surface area contributed by atoms with E-state index in [2.05, 4.69) is 15.5 Å². The average molecular weight is 289 g/mol. The van der Waals surface area contributed by atoms with Gasteiger partial charge in [-0.15, -0.1) is 10.2 Å². The van der Waals surface area contributed by atoms with Crippen molar-refractivity contribution in [2.24, 2.45) is 0 Å². The summed E-state index contributed by atoms with van der Waals surface area (Å²) >= 11 is 0. The van der Waals surface area contributed by atoms with Crippen molar-refractivity contribution in [2.75, 3.05) is 18.2 Å². The molecule has 0 saturated heterocycles. The van der Waals surface area contributed by atoms with Crippen molar-refractivity contribution in [2.45, 2.75) is 26.9 Å². The molecule has 0 aliphatic carbocycles. The molecule has 21 heavy (non-hydrogen) atoms. The molecule has 0 spiro atoms. The van der Waals surface area contributed by atoms with Crippen molar-refractivity contribution >= 4 is 17.3 Å². The summed E-state index contributed by atoms with van der Waals surface area (Å²) in [6.45, 7) is 5.19. The second-order valence-corrected chi connectivity index (χ2v) is 4.63. The number of hydrogen-bond acceptors (Lipinski definition) is 6. The van der Waals surface area contributed by atoms with Gasteiger partial charge >= 0.3 is 5.97 Å². The Hall–Kier alpha value is -2.57. The summed E-state index contributed by atoms with van der Waals surface area (Å²) in [4.78, 5) is 11.7. The molecule has 0 saturated carbocycles. The summed E-state index contributed by atoms with van der Waals surface area (Å²) < 4.78 is 6.68. The number of nitrogens with one attached hydrogen (secondary N) is 1. The molecule has 0 fully saturated rings. The molecule has 0 atom stereocenters. The van der Waals surface area contributed by atoms with Crippen LogP contribution in [0.25, 0.3) is 0 Å². The molecule has 7 heteroatoms. The maximum absolute atomic E-state index is 11.7. The highest BCUT2D eigenvalue weighted by Gasteiger charge is 2.13. The normalized spacial score (nSPS) is 10.4. The maximum atomic E-state index is 11.7. The first kappa shape index (κ1) is 14.8. The van der Waals surface area contributed by atoms with E-state index in [0.29, 0.717) is 17.8 Å². The van der Waals surface area contributed by atoms with E-state index in [-0.39, 0.29) is 0 Å². The number of nitrogen functional groups attached to an aromatic ring is 1. The van der Waals surface area contributed by atoms with Crippen LogP contribution in [-0.2, 0) is 17.8 Å². The number of nitrogens with zero attached hydrogens (tertiary/aromatic N) is 3. The van der Waals surface area contributed by atoms with E-state index in [9.17, 15) is 4.79 Å². The molecule has 2 rings (SSSR count). The van der Waals surface area contributed by atoms with Crippen molar-refractivity contribution in [1.29, 1.82) is 0 Å². The lowest BCUT2D eigenvalue weighted by Gasteiger charge is -2.12. The highest BCUT2D eigenvalue weighted by atomic mass is 16.5. The number of methoxy groups -OCH3 is 1. The fourth-order valence-corrected chi connectivity index (χ4v) is 2.04. The summed E-state index contributed by atoms with van der Waals surface area (Å²) in [6, 6.07) is 3.56. The first-order valence-electron chi connectivity index (χ1n) is 6.65. The Kier molecular flexibility index (Phi) is 4.42. The number of rotatable bonds is 5. The van der Waals surface area contributed by atoms with Crippen molar-refractivity contribution in [3.05, 3.63) is 35.4 Å². The van der Waals surface area contributed by atoms with Crippen molar-refractivity contribution < 1.29 is 9.53 Å². The van der Waals surface area contributed by atoms with Gasteiger partial charge in [0.2, 0.25) is 0 Å². The zero-order chi connectivity index (χ0) is 15.4. The van der Waals surface area contributed by atoms with Crippen LogP contribution in [-0.4, -0.2) is 27.8 Å². The third-order valence-electron chi connectivity index (χ3n) is 3.28. The first-order chi connectivity index (χ1) is 10.1. The van der Waals surface area contributed by atoms with E-state index < -0.39 is 5.97 Å². The number of esters is 1. The summed E-state index contributed by atoms with van der Waals surface area (Å²) in [7, 11) is 1.33. The number of carbonyl (C=O) groups is 1. The van der Waals surface area contributed by atoms with Crippen LogP contribution in [0.15, 0.2) is 18.5 Å². The lowest BCUT2D eigenvalue weighted by molar-refractivity contribution is 0.0602. The Bertz CT molecular complexity index is 651. The SMILES string of the molecule is CCn1cnnc1CNc1cc(C)c(N)c(C(=O)OC)c1. The topological polar surface area (TPSA) is 95.1 Å². The summed E-state index contributed by atoms with van der Waals surface area (Å²) in [5, 5.41) is 11.1. The third-order valence-corrected chi connectivity index (χ3v) is 3.28. The van der Waals surface area contributed by atoms with E-state index in [4.69, 9.17) is 10.5 Å². The quantitative estimate of drug-likeness (QED) is 0.641. The molecule has 0 amide bonds. The van der Waals surface area contributed by atoms with Gasteiger partial charge in [-0.3, -0.25) is 0 Å². The second-order valence-electron chi connectivity index (χ2n) is 4.63. The van der Waals surface area contributed by atoms with Crippen molar-refractivity contribution in [1.82, 2.24) is 14.8 Å². The molecule has 0 radical (unpaired) electrons. The van der Waals surface area contributed by atoms with Crippen LogP contribution in [0, 0.1) is 6.92 Å². The summed E-state index contributed by atoms with van der Waals surface area (Å²) in [5.41, 5.74) is 8.30. The minimum absolute atomic E-state index is 0.358. The second kappa shape index (κ2) is 6.25. The van der Waals surface area contributed by atoms with Gasteiger partial charge in [-0.25, -0.2) is 4.79 Å². The number of nitrogens with two attached hydrogens (primary N) is 1. The minimum atomic E-state index is -0.448. The third kappa shape index (κ3) is 3.13. The first-order valence-corrected chi connectivity index (χ1v) is 6.65. The Morgan fingerprint density at radius 2 is 2.24 bits per heavy atom. The summed E-state index contributed by atoms with van der Waals surface area (Å²) in [5.74, 6) is 0.377. The van der Waals surface area contributed by atoms with Gasteiger partial charge in [0.05, 0.1) is 19.2 Å². The molecular formula is C14H19N5O2. The molecule has 2 aromatic rings. The molecule has 1 aromatic heterocycles. The molecule has 3 N–H and O–H groups in total. The van der Waals surface area contributed by atoms with Crippen LogP contribution in [0.1, 0.15) is 28.7 Å². The molecule has 0 aliphatic rings. The Morgan fingerprint density at radius 3 is 2.90 bits per heavy atom. The largest absolute Gasteiger partial charge is 0.465 e. The van der Waals surface area contributed by atoms with E-state index in [1.165, 1.54) is 7.11 Å². The number of anilines is 2. The molecule has 0 unspecified atom stereocenters. The van der Waals surface area contributed by atoms with Gasteiger partial charge < -0.3 is 20.4 Å². The lowest BCUT2D eigenvalue weighted by Crippen LogP contribution is -2.11. The van der Waals surface area contributed by atoms with E-state index in [0.717, 1.165) is 23.6 Å². The number of hydrogen-bond donors (Lipinski definition) is 2. The van der Waals surface area contributed by atoms with Crippen LogP contribution >= 0.6 is 0 Å². The minimum Gasteiger partial charge on any atom is -0.465 e. The monoisotopic (exact) mass is 289 g/mol. The lowest BCUT2D eigenvalue weighted by atomic mass is 10.1. The summed E-state index contributed by atoms with van der Waals surface area (Å²) in [6.07, 6.45) is 1.69. The number of aromatic nitrogens is 3. The highest BCUT2D eigenvalue weighted by molar-refractivity contribution is 5.97. The van der Waals surface area contributed by atoms with Crippen LogP contribution in [0.5, 0.6) is 0 Å². The number of benzene rings is 1. The van der Waals surface area contributed by atoms with Crippen LogP contribution < -0.4 is 11.1 Å². The Balaban J connectivity index is 2.21. The van der Waals surface area contributed by atoms with Crippen LogP contribution in [0.2, 0.25) is 0 Å². The predicted molar refractivity (Wildman–Crippen MR) is 80.0 cm³/mol. The van der Waals surface area contributed by atoms with Gasteiger partial charge in [-0.1, -0.05) is 0 Å². The predicted octanol–water partition coefficient (Wildman–Crippen LogP) is 1.59. The molecule has 1 aromatic carbocycles. The standard InChI is InChI=1S/C14H19N5O2/c1-4-19-8-17-18-12(19)7-16-10-5-9(2)13(15)11(6-10)14(20)21-3/h5-6,8,16H,4,7,15H2,1-3H3. The maximum Gasteiger partial charge on any atom is 0.340 e. The van der Waals surface area contributed by atoms with Crippen molar-refractivity contribution in [3.63, 3.8) is 0 Å². The number of aryl methyl sites for hydroxylation is 2. The van der Waals surface area contributed by atoms with Gasteiger partial charge in [0.15, 0.2) is 5.82 Å². The van der Waals surface area contributed by atoms with E-state index >= 15 is 0 Å². The van der Waals surface area contributed by atoms with Gasteiger partial charge in [-0.2, -0.15) is 0 Å². The fraction of sp³-hybridized carbons (Fsp3) is 0.357. The molecule has 112 valence electrons. The van der Waals surface area contributed by atoms with Crippen LogP contribution in [0.4, 0.5) is 11.4 Å². The molecule has 7 nitrogen and oxygen atoms in total. The van der Waals surface area contributed by atoms with Gasteiger partial charge in [-0.05, 0) is 31.5 Å². The van der Waals surface area contributed by atoms with Gasteiger partial charge in [0.1, 0.15) is 6.33 Å². The smallest absolute Gasteiger partial charge is 0.340 e. The zero-order valence-electron chi connectivity index (χ0n) is 12.4. The fourth-order valence-electron chi connectivity index (χ4n) is 2.04. The molecule has 0 aliphatic heterocycles. The molecule has 0 bridgehead atoms. The van der Waals surface area contributed by atoms with E-state index in [1.54, 1.807) is 12.4 Å². The number of ether oxygens (including phenoxy) is 1. The highest BCUT2D eigenvalue weighted by Crippen LogP contribution is 2.23. The number of carbonyl (C=O) groups excluding carboxylic acids is 1. The van der Waals surface area contributed by atoms with Gasteiger partial charge in [0, 0.05) is 17.9 Å². The van der Waals surface area contributed by atoms with E-state index in [1.807, 2.05) is 24.5 Å². The molecular weight excluding hydrogens is 270 g/mol. The zero-order valence-corrected chi connectivity index (χ0v) is 12.4. The average Bonchev–Trinajstić information content (AvgIpc) is 2.95. The van der Waals surface area contributed by atoms with Crippen molar-refractivity contribution in [3.8, 4) is 0 Å².